The van der Waals surface area contributed by atoms with Crippen LogP contribution < -0.4 is 24.8 Å². The van der Waals surface area contributed by atoms with Gasteiger partial charge in [0, 0.05) is 24.5 Å². The lowest BCUT2D eigenvalue weighted by molar-refractivity contribution is 0.102. The number of aromatic nitrogens is 2. The number of hydrogen-bond acceptors (Lipinski definition) is 7. The van der Waals surface area contributed by atoms with E-state index in [0.717, 1.165) is 11.3 Å². The molecule has 8 heteroatoms. The Morgan fingerprint density at radius 1 is 1.00 bits per heavy atom. The maximum Gasteiger partial charge on any atom is 0.259 e. The number of rotatable bonds is 8. The van der Waals surface area contributed by atoms with Crippen molar-refractivity contribution < 1.29 is 19.0 Å². The number of ether oxygens (including phenoxy) is 3. The van der Waals surface area contributed by atoms with Crippen LogP contribution in [0.25, 0.3) is 0 Å². The molecule has 0 saturated carbocycles. The zero-order chi connectivity index (χ0) is 21.5. The zero-order valence-electron chi connectivity index (χ0n) is 17.4. The summed E-state index contributed by atoms with van der Waals surface area (Å²) < 4.78 is 15.7. The summed E-state index contributed by atoms with van der Waals surface area (Å²) in [7, 11) is 4.73. The van der Waals surface area contributed by atoms with E-state index < -0.39 is 0 Å². The van der Waals surface area contributed by atoms with E-state index in [1.54, 1.807) is 46.5 Å². The van der Waals surface area contributed by atoms with Crippen LogP contribution in [-0.4, -0.2) is 37.2 Å². The summed E-state index contributed by atoms with van der Waals surface area (Å²) in [5.41, 5.74) is 2.57. The summed E-state index contributed by atoms with van der Waals surface area (Å²) in [6.07, 6.45) is 1.51. The van der Waals surface area contributed by atoms with Gasteiger partial charge in [-0.2, -0.15) is 0 Å². The van der Waals surface area contributed by atoms with Crippen molar-refractivity contribution >= 4 is 17.5 Å². The highest BCUT2D eigenvalue weighted by molar-refractivity contribution is 6.05. The van der Waals surface area contributed by atoms with Crippen LogP contribution in [0.4, 0.5) is 11.6 Å². The average molecular weight is 408 g/mol. The van der Waals surface area contributed by atoms with Gasteiger partial charge in [-0.1, -0.05) is 12.1 Å². The van der Waals surface area contributed by atoms with E-state index >= 15 is 0 Å². The third-order valence-electron chi connectivity index (χ3n) is 4.45. The lowest BCUT2D eigenvalue weighted by Gasteiger charge is -2.12. The van der Waals surface area contributed by atoms with Gasteiger partial charge >= 0.3 is 0 Å². The zero-order valence-corrected chi connectivity index (χ0v) is 17.4. The lowest BCUT2D eigenvalue weighted by atomic mass is 10.2. The molecule has 0 radical (unpaired) electrons. The summed E-state index contributed by atoms with van der Waals surface area (Å²) in [6, 6.07) is 12.9. The smallest absolute Gasteiger partial charge is 0.259 e. The number of amides is 1. The summed E-state index contributed by atoms with van der Waals surface area (Å²) in [6.45, 7) is 2.30. The molecule has 1 amide bonds. The topological polar surface area (TPSA) is 94.6 Å². The molecule has 0 unspecified atom stereocenters. The van der Waals surface area contributed by atoms with Gasteiger partial charge in [-0.25, -0.2) is 9.97 Å². The minimum atomic E-state index is -0.306. The van der Waals surface area contributed by atoms with Gasteiger partial charge in [0.1, 0.15) is 5.75 Å². The quantitative estimate of drug-likeness (QED) is 0.587. The molecule has 0 bridgehead atoms. The molecule has 8 nitrogen and oxygen atoms in total. The van der Waals surface area contributed by atoms with Crippen LogP contribution in [0.5, 0.6) is 17.2 Å². The molecular formula is C22H24N4O4. The Morgan fingerprint density at radius 3 is 2.50 bits per heavy atom. The fraction of sp³-hybridized carbons (Fsp3) is 0.227. The van der Waals surface area contributed by atoms with Gasteiger partial charge in [0.2, 0.25) is 5.95 Å². The molecule has 2 N–H and O–H groups in total. The number of carbonyl (C=O) groups excluding carboxylic acids is 1. The summed E-state index contributed by atoms with van der Waals surface area (Å²) in [5, 5.41) is 5.98. The lowest BCUT2D eigenvalue weighted by Crippen LogP contribution is -2.16. The number of anilines is 2. The van der Waals surface area contributed by atoms with Gasteiger partial charge in [-0.15, -0.1) is 0 Å². The largest absolute Gasteiger partial charge is 0.497 e. The second-order valence-electron chi connectivity index (χ2n) is 6.42. The molecule has 2 aromatic carbocycles. The molecular weight excluding hydrogens is 384 g/mol. The van der Waals surface area contributed by atoms with Crippen LogP contribution in [0.2, 0.25) is 0 Å². The Hall–Kier alpha value is -3.81. The number of carbonyl (C=O) groups is 1. The molecule has 0 atom stereocenters. The Bertz CT molecular complexity index is 1040. The van der Waals surface area contributed by atoms with Crippen LogP contribution in [0.15, 0.2) is 48.7 Å². The maximum atomic E-state index is 12.7. The highest BCUT2D eigenvalue weighted by atomic mass is 16.5. The molecule has 30 heavy (non-hydrogen) atoms. The first-order valence-electron chi connectivity index (χ1n) is 9.28. The van der Waals surface area contributed by atoms with Crippen molar-refractivity contribution in [2.24, 2.45) is 0 Å². The molecule has 0 saturated heterocycles. The molecule has 1 aromatic heterocycles. The van der Waals surface area contributed by atoms with Gasteiger partial charge < -0.3 is 24.8 Å². The number of methoxy groups -OCH3 is 3. The van der Waals surface area contributed by atoms with E-state index in [4.69, 9.17) is 14.2 Å². The molecule has 0 fully saturated rings. The fourth-order valence-electron chi connectivity index (χ4n) is 2.85. The average Bonchev–Trinajstić information content (AvgIpc) is 2.77. The summed E-state index contributed by atoms with van der Waals surface area (Å²) >= 11 is 0. The first-order valence-corrected chi connectivity index (χ1v) is 9.28. The van der Waals surface area contributed by atoms with E-state index in [2.05, 4.69) is 20.6 Å². The van der Waals surface area contributed by atoms with Crippen molar-refractivity contribution in [3.63, 3.8) is 0 Å². The van der Waals surface area contributed by atoms with E-state index in [9.17, 15) is 4.79 Å². The van der Waals surface area contributed by atoms with Crippen molar-refractivity contribution in [2.45, 2.75) is 13.5 Å². The van der Waals surface area contributed by atoms with Crippen molar-refractivity contribution in [3.05, 3.63) is 65.5 Å². The second-order valence-corrected chi connectivity index (χ2v) is 6.42. The minimum Gasteiger partial charge on any atom is -0.497 e. The normalized spacial score (nSPS) is 10.3. The van der Waals surface area contributed by atoms with Gasteiger partial charge in [-0.3, -0.25) is 4.79 Å². The first kappa shape index (κ1) is 20.9. The standard InChI is InChI=1S/C22H24N4O4/c1-14-18(21(27)26-16-8-9-19(29-3)20(11-16)30-4)13-24-22(25-14)23-12-15-6-5-7-17(10-15)28-2/h5-11,13H,12H2,1-4H3,(H,26,27)(H,23,24,25). The van der Waals surface area contributed by atoms with E-state index in [1.807, 2.05) is 24.3 Å². The molecule has 0 aliphatic rings. The van der Waals surface area contributed by atoms with Crippen LogP contribution in [0, 0.1) is 6.92 Å². The monoisotopic (exact) mass is 408 g/mol. The van der Waals surface area contributed by atoms with Gasteiger partial charge in [0.15, 0.2) is 11.5 Å². The number of nitrogens with one attached hydrogen (secondary N) is 2. The molecule has 0 aliphatic heterocycles. The van der Waals surface area contributed by atoms with E-state index in [-0.39, 0.29) is 5.91 Å². The van der Waals surface area contributed by atoms with Crippen LogP contribution in [-0.2, 0) is 6.54 Å². The maximum absolute atomic E-state index is 12.7. The number of nitrogens with zero attached hydrogens (tertiary/aromatic N) is 2. The highest BCUT2D eigenvalue weighted by Crippen LogP contribution is 2.30. The summed E-state index contributed by atoms with van der Waals surface area (Å²) in [4.78, 5) is 21.3. The molecule has 3 rings (SSSR count). The molecule has 156 valence electrons. The highest BCUT2D eigenvalue weighted by Gasteiger charge is 2.14. The Morgan fingerprint density at radius 2 is 1.80 bits per heavy atom. The van der Waals surface area contributed by atoms with Crippen molar-refractivity contribution in [3.8, 4) is 17.2 Å². The molecule has 3 aromatic rings. The Labute approximate surface area is 175 Å². The predicted octanol–water partition coefficient (Wildman–Crippen LogP) is 3.68. The third-order valence-corrected chi connectivity index (χ3v) is 4.45. The third kappa shape index (κ3) is 4.96. The Balaban J connectivity index is 1.67. The van der Waals surface area contributed by atoms with Crippen LogP contribution in [0.1, 0.15) is 21.6 Å². The second kappa shape index (κ2) is 9.60. The minimum absolute atomic E-state index is 0.306. The van der Waals surface area contributed by atoms with Crippen LogP contribution >= 0.6 is 0 Å². The van der Waals surface area contributed by atoms with E-state index in [0.29, 0.717) is 40.9 Å². The molecule has 0 aliphatic carbocycles. The SMILES string of the molecule is COc1cccc(CNc2ncc(C(=O)Nc3ccc(OC)c(OC)c3)c(C)n2)c1. The van der Waals surface area contributed by atoms with Crippen molar-refractivity contribution in [1.29, 1.82) is 0 Å². The molecule has 1 heterocycles. The Kier molecular flexibility index (Phi) is 6.69. The summed E-state index contributed by atoms with van der Waals surface area (Å²) in [5.74, 6) is 2.03. The van der Waals surface area contributed by atoms with Gasteiger partial charge in [0.25, 0.3) is 5.91 Å². The van der Waals surface area contributed by atoms with Crippen LogP contribution in [0.3, 0.4) is 0 Å². The van der Waals surface area contributed by atoms with Gasteiger partial charge in [0.05, 0.1) is 32.6 Å². The predicted molar refractivity (Wildman–Crippen MR) is 115 cm³/mol. The fourth-order valence-corrected chi connectivity index (χ4v) is 2.85. The number of aryl methyl sites for hydroxylation is 1. The number of benzene rings is 2. The van der Waals surface area contributed by atoms with Crippen molar-refractivity contribution in [2.75, 3.05) is 32.0 Å². The van der Waals surface area contributed by atoms with Gasteiger partial charge in [-0.05, 0) is 36.8 Å². The molecule has 0 spiro atoms. The van der Waals surface area contributed by atoms with Crippen molar-refractivity contribution in [1.82, 2.24) is 9.97 Å². The first-order chi connectivity index (χ1) is 14.5. The number of hydrogen-bond donors (Lipinski definition) is 2. The van der Waals surface area contributed by atoms with E-state index in [1.165, 1.54) is 6.20 Å².